The van der Waals surface area contributed by atoms with Crippen molar-refractivity contribution in [2.75, 3.05) is 5.75 Å². The van der Waals surface area contributed by atoms with E-state index in [2.05, 4.69) is 12.1 Å². The minimum atomic E-state index is -0.816. The van der Waals surface area contributed by atoms with Gasteiger partial charge in [0.25, 0.3) is 0 Å². The van der Waals surface area contributed by atoms with Crippen molar-refractivity contribution in [1.82, 2.24) is 0 Å². The molecule has 0 saturated carbocycles. The Kier molecular flexibility index (Phi) is 3.76. The van der Waals surface area contributed by atoms with Crippen molar-refractivity contribution < 1.29 is 8.78 Å². The third-order valence-electron chi connectivity index (χ3n) is 3.71. The Morgan fingerprint density at radius 3 is 2.75 bits per heavy atom. The van der Waals surface area contributed by atoms with E-state index in [9.17, 15) is 8.78 Å². The average molecular weight is 291 g/mol. The summed E-state index contributed by atoms with van der Waals surface area (Å²) in [6.45, 7) is 0. The van der Waals surface area contributed by atoms with Gasteiger partial charge in [0.1, 0.15) is 0 Å². The summed E-state index contributed by atoms with van der Waals surface area (Å²) < 4.78 is 26.2. The van der Waals surface area contributed by atoms with Crippen LogP contribution < -0.4 is 5.73 Å². The standard InChI is InChI=1S/C16H15F2NS/c17-13-6-5-10(7-14(13)18)8-15(19)12-9-20-16-4-2-1-3-11(12)16/h1-7,12,15H,8-9,19H2. The fourth-order valence-corrected chi connectivity index (χ4v) is 3.97. The Labute approximate surface area is 121 Å². The van der Waals surface area contributed by atoms with Crippen LogP contribution in [0, 0.1) is 11.6 Å². The number of hydrogen-bond acceptors (Lipinski definition) is 2. The smallest absolute Gasteiger partial charge is 0.159 e. The molecule has 0 bridgehead atoms. The number of thioether (sulfide) groups is 1. The second kappa shape index (κ2) is 5.54. The molecule has 0 spiro atoms. The highest BCUT2D eigenvalue weighted by Gasteiger charge is 2.28. The van der Waals surface area contributed by atoms with Gasteiger partial charge >= 0.3 is 0 Å². The molecule has 1 heterocycles. The lowest BCUT2D eigenvalue weighted by atomic mass is 9.90. The van der Waals surface area contributed by atoms with Gasteiger partial charge in [-0.05, 0) is 35.7 Å². The molecule has 0 aliphatic carbocycles. The van der Waals surface area contributed by atoms with Gasteiger partial charge in [-0.25, -0.2) is 8.78 Å². The van der Waals surface area contributed by atoms with Gasteiger partial charge in [0, 0.05) is 22.6 Å². The second-order valence-corrected chi connectivity index (χ2v) is 6.13. The molecule has 2 unspecified atom stereocenters. The lowest BCUT2D eigenvalue weighted by molar-refractivity contribution is 0.504. The Balaban J connectivity index is 1.77. The zero-order valence-electron chi connectivity index (χ0n) is 10.9. The summed E-state index contributed by atoms with van der Waals surface area (Å²) in [5.74, 6) is -0.409. The summed E-state index contributed by atoms with van der Waals surface area (Å²) in [6, 6.07) is 12.2. The lowest BCUT2D eigenvalue weighted by Gasteiger charge is -2.19. The van der Waals surface area contributed by atoms with Crippen molar-refractivity contribution in [3.8, 4) is 0 Å². The van der Waals surface area contributed by atoms with Crippen molar-refractivity contribution in [3.05, 3.63) is 65.2 Å². The summed E-state index contributed by atoms with van der Waals surface area (Å²) in [5.41, 5.74) is 8.30. The van der Waals surface area contributed by atoms with Crippen molar-refractivity contribution >= 4 is 11.8 Å². The van der Waals surface area contributed by atoms with Gasteiger partial charge in [-0.3, -0.25) is 0 Å². The maximum atomic E-state index is 13.2. The van der Waals surface area contributed by atoms with E-state index in [4.69, 9.17) is 5.73 Å². The molecule has 0 aromatic heterocycles. The zero-order valence-corrected chi connectivity index (χ0v) is 11.7. The molecule has 3 rings (SSSR count). The van der Waals surface area contributed by atoms with Gasteiger partial charge in [0.05, 0.1) is 0 Å². The van der Waals surface area contributed by atoms with E-state index in [-0.39, 0.29) is 12.0 Å². The highest BCUT2D eigenvalue weighted by molar-refractivity contribution is 7.99. The quantitative estimate of drug-likeness (QED) is 0.932. The summed E-state index contributed by atoms with van der Waals surface area (Å²) in [7, 11) is 0. The first-order chi connectivity index (χ1) is 9.65. The molecule has 0 amide bonds. The summed E-state index contributed by atoms with van der Waals surface area (Å²) in [4.78, 5) is 1.28. The average Bonchev–Trinajstić information content (AvgIpc) is 2.87. The number of halogens is 2. The summed E-state index contributed by atoms with van der Waals surface area (Å²) in [6.07, 6.45) is 0.552. The molecule has 0 radical (unpaired) electrons. The van der Waals surface area contributed by atoms with Crippen molar-refractivity contribution in [2.45, 2.75) is 23.3 Å². The fourth-order valence-electron chi connectivity index (χ4n) is 2.62. The first-order valence-corrected chi connectivity index (χ1v) is 7.55. The first-order valence-electron chi connectivity index (χ1n) is 6.56. The van der Waals surface area contributed by atoms with Crippen LogP contribution in [0.4, 0.5) is 8.78 Å². The Morgan fingerprint density at radius 1 is 1.15 bits per heavy atom. The Hall–Kier alpha value is -1.39. The van der Waals surface area contributed by atoms with E-state index < -0.39 is 11.6 Å². The minimum Gasteiger partial charge on any atom is -0.327 e. The number of hydrogen-bond donors (Lipinski definition) is 1. The molecule has 2 atom stereocenters. The monoisotopic (exact) mass is 291 g/mol. The van der Waals surface area contributed by atoms with E-state index >= 15 is 0 Å². The largest absolute Gasteiger partial charge is 0.327 e. The molecule has 0 fully saturated rings. The molecule has 0 saturated heterocycles. The third-order valence-corrected chi connectivity index (χ3v) is 4.92. The number of fused-ring (bicyclic) bond motifs is 1. The Bertz CT molecular complexity index is 630. The van der Waals surface area contributed by atoms with Crippen LogP contribution in [0.15, 0.2) is 47.4 Å². The SMILES string of the molecule is NC(Cc1ccc(F)c(F)c1)C1CSc2ccccc21. The summed E-state index contributed by atoms with van der Waals surface area (Å²) >= 11 is 1.81. The number of benzene rings is 2. The molecule has 2 aromatic rings. The topological polar surface area (TPSA) is 26.0 Å². The van der Waals surface area contributed by atoms with Gasteiger partial charge in [0.2, 0.25) is 0 Å². The minimum absolute atomic E-state index is 0.0870. The first kappa shape index (κ1) is 13.6. The van der Waals surface area contributed by atoms with Gasteiger partial charge in [-0.1, -0.05) is 24.3 Å². The molecule has 104 valence electrons. The van der Waals surface area contributed by atoms with Crippen LogP contribution in [0.2, 0.25) is 0 Å². The molecule has 20 heavy (non-hydrogen) atoms. The molecule has 4 heteroatoms. The van der Waals surface area contributed by atoms with Crippen molar-refractivity contribution in [3.63, 3.8) is 0 Å². The van der Waals surface area contributed by atoms with Gasteiger partial charge < -0.3 is 5.73 Å². The number of rotatable bonds is 3. The fraction of sp³-hybridized carbons (Fsp3) is 0.250. The highest BCUT2D eigenvalue weighted by atomic mass is 32.2. The predicted molar refractivity (Wildman–Crippen MR) is 77.9 cm³/mol. The van der Waals surface area contributed by atoms with E-state index in [0.29, 0.717) is 6.42 Å². The van der Waals surface area contributed by atoms with Crippen LogP contribution in [0.5, 0.6) is 0 Å². The molecule has 1 nitrogen and oxygen atoms in total. The third kappa shape index (κ3) is 2.58. The highest BCUT2D eigenvalue weighted by Crippen LogP contribution is 2.41. The molecular weight excluding hydrogens is 276 g/mol. The molecule has 2 aromatic carbocycles. The van der Waals surface area contributed by atoms with E-state index in [1.807, 2.05) is 12.1 Å². The zero-order chi connectivity index (χ0) is 14.1. The maximum Gasteiger partial charge on any atom is 0.159 e. The summed E-state index contributed by atoms with van der Waals surface area (Å²) in [5, 5.41) is 0. The normalized spacial score (nSPS) is 18.9. The Morgan fingerprint density at radius 2 is 1.95 bits per heavy atom. The van der Waals surface area contributed by atoms with Crippen LogP contribution in [-0.4, -0.2) is 11.8 Å². The second-order valence-electron chi connectivity index (χ2n) is 5.07. The molecular formula is C16H15F2NS. The van der Waals surface area contributed by atoms with E-state index in [1.54, 1.807) is 17.8 Å². The van der Waals surface area contributed by atoms with Crippen LogP contribution in [0.3, 0.4) is 0 Å². The molecule has 2 N–H and O–H groups in total. The van der Waals surface area contributed by atoms with E-state index in [1.165, 1.54) is 16.5 Å². The van der Waals surface area contributed by atoms with E-state index in [0.717, 1.165) is 17.4 Å². The maximum absolute atomic E-state index is 13.2. The van der Waals surface area contributed by atoms with Crippen LogP contribution in [0.1, 0.15) is 17.0 Å². The van der Waals surface area contributed by atoms with Gasteiger partial charge in [-0.2, -0.15) is 0 Å². The van der Waals surface area contributed by atoms with Crippen molar-refractivity contribution in [1.29, 1.82) is 0 Å². The number of nitrogens with two attached hydrogens (primary N) is 1. The van der Waals surface area contributed by atoms with Crippen molar-refractivity contribution in [2.24, 2.45) is 5.73 Å². The van der Waals surface area contributed by atoms with Crippen LogP contribution >= 0.6 is 11.8 Å². The predicted octanol–water partition coefficient (Wildman–Crippen LogP) is 3.72. The molecule has 1 aliphatic heterocycles. The van der Waals surface area contributed by atoms with Gasteiger partial charge in [0.15, 0.2) is 11.6 Å². The van der Waals surface area contributed by atoms with Crippen LogP contribution in [0.25, 0.3) is 0 Å². The lowest BCUT2D eigenvalue weighted by Crippen LogP contribution is -2.31. The van der Waals surface area contributed by atoms with Crippen LogP contribution in [-0.2, 0) is 6.42 Å². The molecule has 1 aliphatic rings. The van der Waals surface area contributed by atoms with Gasteiger partial charge in [-0.15, -0.1) is 11.8 Å².